The highest BCUT2D eigenvalue weighted by Gasteiger charge is 2.28. The SMILES string of the molecule is OCCC#Cc1ccc(OCCN(CCO)C2CC2)cc1. The first-order chi connectivity index (χ1) is 10.3. The lowest BCUT2D eigenvalue weighted by molar-refractivity contribution is 0.162. The van der Waals surface area contributed by atoms with E-state index in [2.05, 4.69) is 16.7 Å². The Balaban J connectivity index is 1.74. The number of aliphatic hydroxyl groups excluding tert-OH is 2. The molecule has 0 unspecified atom stereocenters. The Kier molecular flexibility index (Phi) is 6.55. The molecule has 0 bridgehead atoms. The first-order valence-corrected chi connectivity index (χ1v) is 7.51. The van der Waals surface area contributed by atoms with Crippen LogP contribution < -0.4 is 4.74 Å². The maximum Gasteiger partial charge on any atom is 0.119 e. The van der Waals surface area contributed by atoms with Crippen LogP contribution >= 0.6 is 0 Å². The Bertz CT molecular complexity index is 471. The molecule has 4 nitrogen and oxygen atoms in total. The van der Waals surface area contributed by atoms with Crippen LogP contribution in [-0.2, 0) is 0 Å². The lowest BCUT2D eigenvalue weighted by Gasteiger charge is -2.20. The van der Waals surface area contributed by atoms with Crippen LogP contribution in [0.4, 0.5) is 0 Å². The monoisotopic (exact) mass is 289 g/mol. The molecule has 2 N–H and O–H groups in total. The normalized spacial score (nSPS) is 13.9. The number of hydrogen-bond donors (Lipinski definition) is 2. The number of ether oxygens (including phenoxy) is 1. The van der Waals surface area contributed by atoms with Gasteiger partial charge in [0, 0.05) is 31.1 Å². The highest BCUT2D eigenvalue weighted by molar-refractivity contribution is 5.38. The fraction of sp³-hybridized carbons (Fsp3) is 0.529. The molecule has 2 rings (SSSR count). The summed E-state index contributed by atoms with van der Waals surface area (Å²) in [4.78, 5) is 2.29. The van der Waals surface area contributed by atoms with Crippen molar-refractivity contribution in [3.05, 3.63) is 29.8 Å². The van der Waals surface area contributed by atoms with Gasteiger partial charge in [-0.1, -0.05) is 11.8 Å². The molecule has 21 heavy (non-hydrogen) atoms. The summed E-state index contributed by atoms with van der Waals surface area (Å²) < 4.78 is 5.73. The van der Waals surface area contributed by atoms with Gasteiger partial charge in [0.2, 0.25) is 0 Å². The molecule has 114 valence electrons. The third-order valence-electron chi connectivity index (χ3n) is 3.42. The lowest BCUT2D eigenvalue weighted by atomic mass is 10.2. The van der Waals surface area contributed by atoms with E-state index in [0.29, 0.717) is 19.1 Å². The largest absolute Gasteiger partial charge is 0.492 e. The van der Waals surface area contributed by atoms with Gasteiger partial charge in [-0.3, -0.25) is 4.90 Å². The maximum atomic E-state index is 9.04. The van der Waals surface area contributed by atoms with E-state index in [1.54, 1.807) is 0 Å². The minimum atomic E-state index is 0.0968. The second kappa shape index (κ2) is 8.68. The summed E-state index contributed by atoms with van der Waals surface area (Å²) in [5.41, 5.74) is 0.927. The summed E-state index contributed by atoms with van der Waals surface area (Å²) in [6.07, 6.45) is 2.97. The first kappa shape index (κ1) is 15.8. The van der Waals surface area contributed by atoms with Gasteiger partial charge in [-0.05, 0) is 37.1 Å². The molecule has 4 heteroatoms. The fourth-order valence-corrected chi connectivity index (χ4v) is 2.18. The molecule has 1 aromatic carbocycles. The number of nitrogens with zero attached hydrogens (tertiary/aromatic N) is 1. The molecule has 0 spiro atoms. The Morgan fingerprint density at radius 2 is 1.86 bits per heavy atom. The van der Waals surface area contributed by atoms with Gasteiger partial charge in [0.25, 0.3) is 0 Å². The van der Waals surface area contributed by atoms with Crippen LogP contribution in [0.3, 0.4) is 0 Å². The molecule has 0 heterocycles. The van der Waals surface area contributed by atoms with Crippen molar-refractivity contribution in [2.24, 2.45) is 0 Å². The van der Waals surface area contributed by atoms with Gasteiger partial charge in [-0.2, -0.15) is 0 Å². The highest BCUT2D eigenvalue weighted by Crippen LogP contribution is 2.26. The molecule has 1 aromatic rings. The van der Waals surface area contributed by atoms with Crippen molar-refractivity contribution >= 4 is 0 Å². The lowest BCUT2D eigenvalue weighted by Crippen LogP contribution is -2.33. The van der Waals surface area contributed by atoms with Crippen molar-refractivity contribution in [2.75, 3.05) is 32.9 Å². The van der Waals surface area contributed by atoms with Crippen molar-refractivity contribution in [3.63, 3.8) is 0 Å². The summed E-state index contributed by atoms with van der Waals surface area (Å²) in [6.45, 7) is 2.51. The number of benzene rings is 1. The molecule has 1 aliphatic rings. The molecule has 1 fully saturated rings. The van der Waals surface area contributed by atoms with Crippen molar-refractivity contribution in [3.8, 4) is 17.6 Å². The standard InChI is InChI=1S/C17H23NO3/c19-12-2-1-3-15-4-8-17(9-5-15)21-14-11-18(10-13-20)16-6-7-16/h4-5,8-9,16,19-20H,2,6-7,10-14H2. The first-order valence-electron chi connectivity index (χ1n) is 7.51. The van der Waals surface area contributed by atoms with Crippen LogP contribution in [0.5, 0.6) is 5.75 Å². The Morgan fingerprint density at radius 3 is 2.48 bits per heavy atom. The Morgan fingerprint density at radius 1 is 1.10 bits per heavy atom. The van der Waals surface area contributed by atoms with E-state index in [-0.39, 0.29) is 13.2 Å². The number of rotatable bonds is 8. The van der Waals surface area contributed by atoms with Crippen LogP contribution in [0.15, 0.2) is 24.3 Å². The molecule has 0 aromatic heterocycles. The molecular weight excluding hydrogens is 266 g/mol. The molecule has 0 radical (unpaired) electrons. The van der Waals surface area contributed by atoms with Crippen molar-refractivity contribution in [1.29, 1.82) is 0 Å². The van der Waals surface area contributed by atoms with Gasteiger partial charge < -0.3 is 14.9 Å². The predicted molar refractivity (Wildman–Crippen MR) is 82.2 cm³/mol. The molecule has 0 saturated heterocycles. The quantitative estimate of drug-likeness (QED) is 0.707. The summed E-state index contributed by atoms with van der Waals surface area (Å²) in [6, 6.07) is 8.32. The molecule has 0 amide bonds. The smallest absolute Gasteiger partial charge is 0.119 e. The number of aliphatic hydroxyl groups is 2. The van der Waals surface area contributed by atoms with Gasteiger partial charge in [0.15, 0.2) is 0 Å². The predicted octanol–water partition coefficient (Wildman–Crippen LogP) is 1.26. The zero-order valence-corrected chi connectivity index (χ0v) is 12.3. The fourth-order valence-electron chi connectivity index (χ4n) is 2.18. The van der Waals surface area contributed by atoms with E-state index in [1.807, 2.05) is 24.3 Å². The average molecular weight is 289 g/mol. The molecule has 1 saturated carbocycles. The molecule has 1 aliphatic carbocycles. The van der Waals surface area contributed by atoms with E-state index in [0.717, 1.165) is 24.4 Å². The summed E-state index contributed by atoms with van der Waals surface area (Å²) >= 11 is 0. The minimum absolute atomic E-state index is 0.0968. The second-order valence-corrected chi connectivity index (χ2v) is 5.14. The molecular formula is C17H23NO3. The van der Waals surface area contributed by atoms with Crippen LogP contribution in [0, 0.1) is 11.8 Å². The van der Waals surface area contributed by atoms with Crippen LogP contribution in [0.1, 0.15) is 24.8 Å². The van der Waals surface area contributed by atoms with Crippen molar-refractivity contribution < 1.29 is 14.9 Å². The Labute approximate surface area is 126 Å². The number of hydrogen-bond acceptors (Lipinski definition) is 4. The van der Waals surface area contributed by atoms with E-state index in [9.17, 15) is 0 Å². The summed E-state index contributed by atoms with van der Waals surface area (Å²) in [5, 5.41) is 17.7. The van der Waals surface area contributed by atoms with Crippen molar-refractivity contribution in [1.82, 2.24) is 4.90 Å². The summed E-state index contributed by atoms with van der Waals surface area (Å²) in [5.74, 6) is 6.71. The van der Waals surface area contributed by atoms with Gasteiger partial charge in [-0.25, -0.2) is 0 Å². The van der Waals surface area contributed by atoms with E-state index >= 15 is 0 Å². The van der Waals surface area contributed by atoms with Crippen LogP contribution in [-0.4, -0.2) is 54.1 Å². The third-order valence-corrected chi connectivity index (χ3v) is 3.42. The van der Waals surface area contributed by atoms with Gasteiger partial charge in [0.05, 0.1) is 13.2 Å². The zero-order valence-electron chi connectivity index (χ0n) is 12.3. The van der Waals surface area contributed by atoms with E-state index in [1.165, 1.54) is 12.8 Å². The zero-order chi connectivity index (χ0) is 14.9. The second-order valence-electron chi connectivity index (χ2n) is 5.14. The topological polar surface area (TPSA) is 52.9 Å². The maximum absolute atomic E-state index is 9.04. The van der Waals surface area contributed by atoms with Crippen LogP contribution in [0.25, 0.3) is 0 Å². The molecule has 0 aliphatic heterocycles. The minimum Gasteiger partial charge on any atom is -0.492 e. The average Bonchev–Trinajstić information content (AvgIpc) is 3.33. The summed E-state index contributed by atoms with van der Waals surface area (Å²) in [7, 11) is 0. The van der Waals surface area contributed by atoms with Crippen LogP contribution in [0.2, 0.25) is 0 Å². The van der Waals surface area contributed by atoms with E-state index < -0.39 is 0 Å². The third kappa shape index (κ3) is 5.76. The highest BCUT2D eigenvalue weighted by atomic mass is 16.5. The van der Waals surface area contributed by atoms with E-state index in [4.69, 9.17) is 14.9 Å². The Hall–Kier alpha value is -1.54. The van der Waals surface area contributed by atoms with Gasteiger partial charge >= 0.3 is 0 Å². The molecule has 0 atom stereocenters. The van der Waals surface area contributed by atoms with Crippen molar-refractivity contribution in [2.45, 2.75) is 25.3 Å². The van der Waals surface area contributed by atoms with Gasteiger partial charge in [0.1, 0.15) is 12.4 Å². The van der Waals surface area contributed by atoms with Gasteiger partial charge in [-0.15, -0.1) is 0 Å².